The Hall–Kier alpha value is -1.28. The Morgan fingerprint density at radius 2 is 1.71 bits per heavy atom. The van der Waals surface area contributed by atoms with Crippen LogP contribution >= 0.6 is 15.9 Å². The minimum absolute atomic E-state index is 0.522. The van der Waals surface area contributed by atoms with Crippen LogP contribution in [0.4, 0.5) is 5.69 Å². The van der Waals surface area contributed by atoms with E-state index in [1.807, 2.05) is 0 Å². The van der Waals surface area contributed by atoms with E-state index in [-0.39, 0.29) is 0 Å². The van der Waals surface area contributed by atoms with Gasteiger partial charge in [0, 0.05) is 16.7 Å². The van der Waals surface area contributed by atoms with Crippen molar-refractivity contribution in [2.75, 3.05) is 5.32 Å². The molecule has 0 unspecified atom stereocenters. The van der Waals surface area contributed by atoms with Gasteiger partial charge in [-0.3, -0.25) is 0 Å². The van der Waals surface area contributed by atoms with Gasteiger partial charge >= 0.3 is 0 Å². The standard InChI is InChI=1S/C19H24BrN/c1-13(2)16-8-9-19(18(11-16)14(3)4)21-12-15-6-5-7-17(20)10-15/h5-11,13-14,21H,12H2,1-4H3. The van der Waals surface area contributed by atoms with E-state index in [0.717, 1.165) is 11.0 Å². The van der Waals surface area contributed by atoms with Crippen molar-refractivity contribution in [2.24, 2.45) is 0 Å². The molecule has 0 aliphatic heterocycles. The summed E-state index contributed by atoms with van der Waals surface area (Å²) in [7, 11) is 0. The Balaban J connectivity index is 2.19. The van der Waals surface area contributed by atoms with Gasteiger partial charge in [0.25, 0.3) is 0 Å². The van der Waals surface area contributed by atoms with Gasteiger partial charge in [-0.2, -0.15) is 0 Å². The topological polar surface area (TPSA) is 12.0 Å². The van der Waals surface area contributed by atoms with Crippen molar-refractivity contribution in [3.63, 3.8) is 0 Å². The molecule has 0 aliphatic carbocycles. The van der Waals surface area contributed by atoms with E-state index in [0.29, 0.717) is 11.8 Å². The van der Waals surface area contributed by atoms with Gasteiger partial charge in [-0.05, 0) is 46.7 Å². The quantitative estimate of drug-likeness (QED) is 0.669. The number of rotatable bonds is 5. The van der Waals surface area contributed by atoms with Crippen molar-refractivity contribution in [1.82, 2.24) is 0 Å². The van der Waals surface area contributed by atoms with Gasteiger partial charge in [0.15, 0.2) is 0 Å². The molecule has 0 heterocycles. The lowest BCUT2D eigenvalue weighted by atomic mass is 9.94. The van der Waals surface area contributed by atoms with Crippen LogP contribution in [-0.2, 0) is 6.54 Å². The van der Waals surface area contributed by atoms with Crippen LogP contribution in [0.5, 0.6) is 0 Å². The van der Waals surface area contributed by atoms with Crippen LogP contribution in [-0.4, -0.2) is 0 Å². The highest BCUT2D eigenvalue weighted by Crippen LogP contribution is 2.28. The number of hydrogen-bond donors (Lipinski definition) is 1. The third-order valence-electron chi connectivity index (χ3n) is 3.74. The zero-order valence-corrected chi connectivity index (χ0v) is 14.9. The fraction of sp³-hybridized carbons (Fsp3) is 0.368. The smallest absolute Gasteiger partial charge is 0.0401 e. The Kier molecular flexibility index (Phi) is 5.46. The van der Waals surface area contributed by atoms with Crippen LogP contribution in [0.2, 0.25) is 0 Å². The van der Waals surface area contributed by atoms with Crippen LogP contribution in [0.3, 0.4) is 0 Å². The summed E-state index contributed by atoms with van der Waals surface area (Å²) >= 11 is 3.52. The summed E-state index contributed by atoms with van der Waals surface area (Å²) in [4.78, 5) is 0. The van der Waals surface area contributed by atoms with Gasteiger partial charge in [0.05, 0.1) is 0 Å². The molecule has 0 saturated heterocycles. The van der Waals surface area contributed by atoms with E-state index in [1.165, 1.54) is 22.4 Å². The first-order valence-electron chi connectivity index (χ1n) is 7.59. The maximum Gasteiger partial charge on any atom is 0.0401 e. The summed E-state index contributed by atoms with van der Waals surface area (Å²) in [6.45, 7) is 9.84. The molecule has 0 bridgehead atoms. The predicted octanol–water partition coefficient (Wildman–Crippen LogP) is 6.31. The van der Waals surface area contributed by atoms with Crippen molar-refractivity contribution in [3.8, 4) is 0 Å². The molecule has 0 radical (unpaired) electrons. The normalized spacial score (nSPS) is 11.2. The van der Waals surface area contributed by atoms with E-state index in [4.69, 9.17) is 0 Å². The first-order chi connectivity index (χ1) is 9.97. The molecule has 0 atom stereocenters. The molecular weight excluding hydrogens is 322 g/mol. The van der Waals surface area contributed by atoms with Gasteiger partial charge in [-0.1, -0.05) is 67.9 Å². The summed E-state index contributed by atoms with van der Waals surface area (Å²) in [6, 6.07) is 15.2. The van der Waals surface area contributed by atoms with Crippen molar-refractivity contribution in [2.45, 2.75) is 46.1 Å². The second-order valence-electron chi connectivity index (χ2n) is 6.14. The number of nitrogens with one attached hydrogen (secondary N) is 1. The summed E-state index contributed by atoms with van der Waals surface area (Å²) in [5.41, 5.74) is 5.34. The van der Waals surface area contributed by atoms with Crippen LogP contribution in [0, 0.1) is 0 Å². The Morgan fingerprint density at radius 1 is 0.952 bits per heavy atom. The van der Waals surface area contributed by atoms with Gasteiger partial charge in [-0.25, -0.2) is 0 Å². The molecule has 2 heteroatoms. The first kappa shape index (κ1) is 16.1. The lowest BCUT2D eigenvalue weighted by Gasteiger charge is -2.18. The molecule has 2 aromatic carbocycles. The van der Waals surface area contributed by atoms with E-state index < -0.39 is 0 Å². The Labute approximate surface area is 136 Å². The fourth-order valence-electron chi connectivity index (χ4n) is 2.42. The molecule has 2 aromatic rings. The predicted molar refractivity (Wildman–Crippen MR) is 96.1 cm³/mol. The minimum atomic E-state index is 0.522. The molecule has 2 rings (SSSR count). The highest BCUT2D eigenvalue weighted by molar-refractivity contribution is 9.10. The van der Waals surface area contributed by atoms with E-state index >= 15 is 0 Å². The van der Waals surface area contributed by atoms with Gasteiger partial charge in [-0.15, -0.1) is 0 Å². The van der Waals surface area contributed by atoms with Crippen molar-refractivity contribution < 1.29 is 0 Å². The molecule has 0 spiro atoms. The van der Waals surface area contributed by atoms with E-state index in [1.54, 1.807) is 0 Å². The summed E-state index contributed by atoms with van der Waals surface area (Å²) < 4.78 is 1.13. The largest absolute Gasteiger partial charge is 0.381 e. The molecule has 0 aromatic heterocycles. The number of hydrogen-bond acceptors (Lipinski definition) is 1. The maximum atomic E-state index is 3.58. The summed E-state index contributed by atoms with van der Waals surface area (Å²) in [5, 5.41) is 3.58. The molecule has 0 saturated carbocycles. The zero-order chi connectivity index (χ0) is 15.4. The lowest BCUT2D eigenvalue weighted by Crippen LogP contribution is -2.04. The highest BCUT2D eigenvalue weighted by Gasteiger charge is 2.09. The van der Waals surface area contributed by atoms with Crippen LogP contribution < -0.4 is 5.32 Å². The summed E-state index contributed by atoms with van der Waals surface area (Å²) in [5.74, 6) is 1.09. The SMILES string of the molecule is CC(C)c1ccc(NCc2cccc(Br)c2)c(C(C)C)c1. The van der Waals surface area contributed by atoms with Crippen LogP contribution in [0.15, 0.2) is 46.9 Å². The fourth-order valence-corrected chi connectivity index (χ4v) is 2.87. The van der Waals surface area contributed by atoms with E-state index in [9.17, 15) is 0 Å². The summed E-state index contributed by atoms with van der Waals surface area (Å²) in [6.07, 6.45) is 0. The third kappa shape index (κ3) is 4.34. The molecule has 0 aliphatic rings. The second-order valence-corrected chi connectivity index (χ2v) is 7.06. The molecule has 1 nitrogen and oxygen atoms in total. The molecule has 0 fully saturated rings. The molecule has 112 valence electrons. The second kappa shape index (κ2) is 7.13. The first-order valence-corrected chi connectivity index (χ1v) is 8.39. The molecule has 1 N–H and O–H groups in total. The van der Waals surface area contributed by atoms with Crippen LogP contribution in [0.25, 0.3) is 0 Å². The molecule has 21 heavy (non-hydrogen) atoms. The van der Waals surface area contributed by atoms with Gasteiger partial charge in [0.2, 0.25) is 0 Å². The van der Waals surface area contributed by atoms with Gasteiger partial charge < -0.3 is 5.32 Å². The molecular formula is C19H24BrN. The van der Waals surface area contributed by atoms with E-state index in [2.05, 4.69) is 91.4 Å². The third-order valence-corrected chi connectivity index (χ3v) is 4.23. The number of anilines is 1. The minimum Gasteiger partial charge on any atom is -0.381 e. The number of benzene rings is 2. The Bertz CT molecular complexity index is 602. The maximum absolute atomic E-state index is 3.58. The van der Waals surface area contributed by atoms with Crippen molar-refractivity contribution in [1.29, 1.82) is 0 Å². The van der Waals surface area contributed by atoms with Crippen LogP contribution in [0.1, 0.15) is 56.2 Å². The average Bonchev–Trinajstić information content (AvgIpc) is 2.44. The van der Waals surface area contributed by atoms with Crippen molar-refractivity contribution in [3.05, 3.63) is 63.6 Å². The molecule has 0 amide bonds. The average molecular weight is 346 g/mol. The van der Waals surface area contributed by atoms with Gasteiger partial charge in [0.1, 0.15) is 0 Å². The highest BCUT2D eigenvalue weighted by atomic mass is 79.9. The zero-order valence-electron chi connectivity index (χ0n) is 13.3. The Morgan fingerprint density at radius 3 is 2.33 bits per heavy atom. The monoisotopic (exact) mass is 345 g/mol. The number of halogens is 1. The van der Waals surface area contributed by atoms with Crippen molar-refractivity contribution >= 4 is 21.6 Å². The lowest BCUT2D eigenvalue weighted by molar-refractivity contribution is 0.833.